The van der Waals surface area contributed by atoms with Crippen molar-refractivity contribution in [1.29, 1.82) is 0 Å². The Balaban J connectivity index is 2.00. The second-order valence-corrected chi connectivity index (χ2v) is 4.03. The molecule has 0 amide bonds. The molecule has 1 heterocycles. The van der Waals surface area contributed by atoms with E-state index >= 15 is 0 Å². The quantitative estimate of drug-likeness (QED) is 0.827. The Hall–Kier alpha value is -1.22. The van der Waals surface area contributed by atoms with Crippen LogP contribution in [0.25, 0.3) is 0 Å². The fourth-order valence-corrected chi connectivity index (χ4v) is 1.79. The standard InChI is InChI=1S/C13H19NO2/c1-2-9-15-12-5-3-4-6-13(12)16-11-7-8-14-10-11/h3-6,11,14H,2,7-10H2,1H3/t11-/m0/s1. The molecule has 0 unspecified atom stereocenters. The van der Waals surface area contributed by atoms with Crippen LogP contribution in [-0.4, -0.2) is 25.8 Å². The second-order valence-electron chi connectivity index (χ2n) is 4.03. The number of hydrogen-bond acceptors (Lipinski definition) is 3. The lowest BCUT2D eigenvalue weighted by atomic mass is 10.3. The van der Waals surface area contributed by atoms with Crippen molar-refractivity contribution in [2.24, 2.45) is 0 Å². The summed E-state index contributed by atoms with van der Waals surface area (Å²) in [6.07, 6.45) is 2.37. The molecule has 0 spiro atoms. The largest absolute Gasteiger partial charge is 0.490 e. The Morgan fingerprint density at radius 1 is 1.31 bits per heavy atom. The summed E-state index contributed by atoms with van der Waals surface area (Å²) >= 11 is 0. The first kappa shape index (κ1) is 11.3. The number of ether oxygens (including phenoxy) is 2. The topological polar surface area (TPSA) is 30.5 Å². The van der Waals surface area contributed by atoms with Gasteiger partial charge in [0.15, 0.2) is 11.5 Å². The predicted octanol–water partition coefficient (Wildman–Crippen LogP) is 2.22. The zero-order chi connectivity index (χ0) is 11.2. The SMILES string of the molecule is CCCOc1ccccc1O[C@H]1CCNC1. The maximum Gasteiger partial charge on any atom is 0.161 e. The van der Waals surface area contributed by atoms with E-state index in [1.165, 1.54) is 0 Å². The van der Waals surface area contributed by atoms with E-state index in [4.69, 9.17) is 9.47 Å². The van der Waals surface area contributed by atoms with E-state index in [1.807, 2.05) is 24.3 Å². The van der Waals surface area contributed by atoms with Crippen LogP contribution in [0.5, 0.6) is 11.5 Å². The van der Waals surface area contributed by atoms with Crippen molar-refractivity contribution in [2.45, 2.75) is 25.9 Å². The van der Waals surface area contributed by atoms with Crippen molar-refractivity contribution in [3.63, 3.8) is 0 Å². The average molecular weight is 221 g/mol. The number of hydrogen-bond donors (Lipinski definition) is 1. The molecule has 1 aromatic rings. The molecule has 1 N–H and O–H groups in total. The van der Waals surface area contributed by atoms with E-state index in [0.717, 1.165) is 44.0 Å². The molecule has 0 aliphatic carbocycles. The molecule has 1 fully saturated rings. The predicted molar refractivity (Wildman–Crippen MR) is 64.1 cm³/mol. The third-order valence-corrected chi connectivity index (χ3v) is 2.62. The molecule has 1 saturated heterocycles. The Morgan fingerprint density at radius 3 is 2.81 bits per heavy atom. The number of para-hydroxylation sites is 2. The molecule has 1 aliphatic heterocycles. The lowest BCUT2D eigenvalue weighted by Gasteiger charge is -2.16. The molecule has 0 radical (unpaired) electrons. The first-order chi connectivity index (χ1) is 7.90. The molecular formula is C13H19NO2. The molecule has 3 heteroatoms. The molecule has 1 aliphatic rings. The summed E-state index contributed by atoms with van der Waals surface area (Å²) < 4.78 is 11.6. The molecule has 0 aromatic heterocycles. The van der Waals surface area contributed by atoms with Crippen molar-refractivity contribution in [3.05, 3.63) is 24.3 Å². The Morgan fingerprint density at radius 2 is 2.12 bits per heavy atom. The van der Waals surface area contributed by atoms with Gasteiger partial charge in [0.2, 0.25) is 0 Å². The van der Waals surface area contributed by atoms with E-state index in [1.54, 1.807) is 0 Å². The first-order valence-electron chi connectivity index (χ1n) is 5.99. The fourth-order valence-electron chi connectivity index (χ4n) is 1.79. The van der Waals surface area contributed by atoms with Gasteiger partial charge in [-0.05, 0) is 31.5 Å². The van der Waals surface area contributed by atoms with Gasteiger partial charge in [0, 0.05) is 6.54 Å². The zero-order valence-corrected chi connectivity index (χ0v) is 9.74. The minimum atomic E-state index is 0.284. The van der Waals surface area contributed by atoms with E-state index < -0.39 is 0 Å². The highest BCUT2D eigenvalue weighted by Gasteiger charge is 2.17. The summed E-state index contributed by atoms with van der Waals surface area (Å²) in [5.41, 5.74) is 0. The van der Waals surface area contributed by atoms with E-state index in [2.05, 4.69) is 12.2 Å². The van der Waals surface area contributed by atoms with Crippen molar-refractivity contribution < 1.29 is 9.47 Å². The van der Waals surface area contributed by atoms with Crippen LogP contribution < -0.4 is 14.8 Å². The van der Waals surface area contributed by atoms with Gasteiger partial charge in [-0.15, -0.1) is 0 Å². The van der Waals surface area contributed by atoms with E-state index in [-0.39, 0.29) is 6.10 Å². The summed E-state index contributed by atoms with van der Waals surface area (Å²) in [4.78, 5) is 0. The van der Waals surface area contributed by atoms with E-state index in [0.29, 0.717) is 0 Å². The Kier molecular flexibility index (Phi) is 4.05. The summed E-state index contributed by atoms with van der Waals surface area (Å²) in [5.74, 6) is 1.72. The Bertz CT molecular complexity index is 321. The third-order valence-electron chi connectivity index (χ3n) is 2.62. The van der Waals surface area contributed by atoms with Crippen LogP contribution in [-0.2, 0) is 0 Å². The van der Waals surface area contributed by atoms with Gasteiger partial charge in [-0.3, -0.25) is 0 Å². The smallest absolute Gasteiger partial charge is 0.161 e. The minimum Gasteiger partial charge on any atom is -0.490 e. The summed E-state index contributed by atoms with van der Waals surface area (Å²) in [6, 6.07) is 7.90. The summed E-state index contributed by atoms with van der Waals surface area (Å²) in [6.45, 7) is 4.82. The van der Waals surface area contributed by atoms with Crippen LogP contribution in [0.1, 0.15) is 19.8 Å². The van der Waals surface area contributed by atoms with Crippen molar-refractivity contribution >= 4 is 0 Å². The molecule has 3 nitrogen and oxygen atoms in total. The highest BCUT2D eigenvalue weighted by atomic mass is 16.5. The van der Waals surface area contributed by atoms with Crippen LogP contribution >= 0.6 is 0 Å². The van der Waals surface area contributed by atoms with Gasteiger partial charge in [-0.25, -0.2) is 0 Å². The molecule has 1 aromatic carbocycles. The zero-order valence-electron chi connectivity index (χ0n) is 9.74. The van der Waals surface area contributed by atoms with Crippen molar-refractivity contribution in [1.82, 2.24) is 5.32 Å². The molecule has 0 saturated carbocycles. The second kappa shape index (κ2) is 5.75. The van der Waals surface area contributed by atoms with Gasteiger partial charge < -0.3 is 14.8 Å². The minimum absolute atomic E-state index is 0.284. The van der Waals surface area contributed by atoms with Gasteiger partial charge in [-0.2, -0.15) is 0 Å². The summed E-state index contributed by atoms with van der Waals surface area (Å²) in [5, 5.41) is 3.29. The number of rotatable bonds is 5. The fraction of sp³-hybridized carbons (Fsp3) is 0.538. The van der Waals surface area contributed by atoms with Crippen LogP contribution in [0.2, 0.25) is 0 Å². The average Bonchev–Trinajstić information content (AvgIpc) is 2.81. The third kappa shape index (κ3) is 2.89. The van der Waals surface area contributed by atoms with Crippen LogP contribution in [0.3, 0.4) is 0 Å². The van der Waals surface area contributed by atoms with Crippen LogP contribution in [0.4, 0.5) is 0 Å². The normalized spacial score (nSPS) is 19.7. The molecule has 0 bridgehead atoms. The molecule has 88 valence electrons. The first-order valence-corrected chi connectivity index (χ1v) is 5.99. The summed E-state index contributed by atoms with van der Waals surface area (Å²) in [7, 11) is 0. The lowest BCUT2D eigenvalue weighted by molar-refractivity contribution is 0.206. The highest BCUT2D eigenvalue weighted by molar-refractivity contribution is 5.39. The molecule has 16 heavy (non-hydrogen) atoms. The van der Waals surface area contributed by atoms with Gasteiger partial charge in [0.05, 0.1) is 6.61 Å². The van der Waals surface area contributed by atoms with Gasteiger partial charge in [-0.1, -0.05) is 19.1 Å². The highest BCUT2D eigenvalue weighted by Crippen LogP contribution is 2.28. The van der Waals surface area contributed by atoms with Gasteiger partial charge >= 0.3 is 0 Å². The molecule has 2 rings (SSSR count). The molecule has 1 atom stereocenters. The van der Waals surface area contributed by atoms with Crippen LogP contribution in [0.15, 0.2) is 24.3 Å². The number of nitrogens with one attached hydrogen (secondary N) is 1. The van der Waals surface area contributed by atoms with Gasteiger partial charge in [0.25, 0.3) is 0 Å². The monoisotopic (exact) mass is 221 g/mol. The van der Waals surface area contributed by atoms with Crippen molar-refractivity contribution in [3.8, 4) is 11.5 Å². The lowest BCUT2D eigenvalue weighted by Crippen LogP contribution is -2.19. The molecular weight excluding hydrogens is 202 g/mol. The van der Waals surface area contributed by atoms with Crippen molar-refractivity contribution in [2.75, 3.05) is 19.7 Å². The Labute approximate surface area is 96.8 Å². The maximum atomic E-state index is 5.92. The number of benzene rings is 1. The van der Waals surface area contributed by atoms with E-state index in [9.17, 15) is 0 Å². The maximum absolute atomic E-state index is 5.92. The van der Waals surface area contributed by atoms with Crippen LogP contribution in [0, 0.1) is 0 Å². The van der Waals surface area contributed by atoms with Gasteiger partial charge in [0.1, 0.15) is 6.10 Å².